The predicted octanol–water partition coefficient (Wildman–Crippen LogP) is 3.52. The number of aromatic nitrogens is 6. The number of tetrazole rings is 1. The fraction of sp³-hybridized carbons (Fsp3) is 0.419. The molecule has 2 aromatic carbocycles. The summed E-state index contributed by atoms with van der Waals surface area (Å²) in [7, 11) is 1.68. The molecule has 6 rings (SSSR count). The van der Waals surface area contributed by atoms with Gasteiger partial charge in [-0.3, -0.25) is 4.90 Å². The number of anilines is 3. The minimum Gasteiger partial charge on any atom is -0.494 e. The van der Waals surface area contributed by atoms with Crippen LogP contribution in [0.15, 0.2) is 55.1 Å². The zero-order valence-electron chi connectivity index (χ0n) is 25.0. The summed E-state index contributed by atoms with van der Waals surface area (Å²) in [4.78, 5) is 14.1. The van der Waals surface area contributed by atoms with Gasteiger partial charge in [0.15, 0.2) is 0 Å². The Bertz CT molecular complexity index is 1570. The molecule has 2 aliphatic heterocycles. The molecule has 2 aromatic heterocycles. The van der Waals surface area contributed by atoms with Crippen molar-refractivity contribution in [3.8, 4) is 28.7 Å². The van der Waals surface area contributed by atoms with E-state index in [0.717, 1.165) is 67.6 Å². The Hall–Kier alpha value is -4.80. The van der Waals surface area contributed by atoms with Gasteiger partial charge in [-0.05, 0) is 60.0 Å². The summed E-state index contributed by atoms with van der Waals surface area (Å²) in [5.41, 5.74) is 4.01. The molecular formula is C31H36N10O3. The molecule has 2 atom stereocenters. The first-order chi connectivity index (χ1) is 21.6. The van der Waals surface area contributed by atoms with Gasteiger partial charge in [0, 0.05) is 61.9 Å². The number of ether oxygens (including phenoxy) is 3. The Kier molecular flexibility index (Phi) is 9.09. The first-order valence-corrected chi connectivity index (χ1v) is 14.9. The highest BCUT2D eigenvalue weighted by Gasteiger charge is 2.28. The van der Waals surface area contributed by atoms with Crippen LogP contribution in [0.5, 0.6) is 11.5 Å². The largest absolute Gasteiger partial charge is 0.494 e. The number of nitrogens with one attached hydrogen (secondary N) is 1. The van der Waals surface area contributed by atoms with Gasteiger partial charge in [-0.1, -0.05) is 6.07 Å². The molecule has 0 radical (unpaired) electrons. The molecule has 4 heterocycles. The molecule has 2 saturated heterocycles. The van der Waals surface area contributed by atoms with E-state index in [4.69, 9.17) is 14.2 Å². The number of nitriles is 1. The minimum absolute atomic E-state index is 0.258. The van der Waals surface area contributed by atoms with Crippen molar-refractivity contribution >= 4 is 17.3 Å². The molecule has 0 saturated carbocycles. The van der Waals surface area contributed by atoms with E-state index in [9.17, 15) is 5.26 Å². The standard InChI is InChI=1S/C31H36N10O3/c1-22(19-40-21-35-37-38-40)44-29-14-23(5-6-24(29)16-32)25-17-33-31(34-18-25)36-28-8-7-26(15-30(28)42-2)41-9-3-4-27(41)20-39-10-12-43-13-11-39/h5-8,14-15,17-18,21-22,27H,3-4,9-13,19-20H2,1-2H3,(H,33,34,36). The fourth-order valence-electron chi connectivity index (χ4n) is 5.74. The Labute approximate surface area is 256 Å². The third-order valence-corrected chi connectivity index (χ3v) is 7.96. The van der Waals surface area contributed by atoms with Crippen molar-refractivity contribution in [1.29, 1.82) is 5.26 Å². The van der Waals surface area contributed by atoms with E-state index in [2.05, 4.69) is 58.8 Å². The molecule has 13 heteroatoms. The summed E-state index contributed by atoms with van der Waals surface area (Å²) >= 11 is 0. The fourth-order valence-corrected chi connectivity index (χ4v) is 5.74. The van der Waals surface area contributed by atoms with Crippen molar-refractivity contribution in [2.75, 3.05) is 56.7 Å². The van der Waals surface area contributed by atoms with Crippen LogP contribution in [-0.4, -0.2) is 93.7 Å². The number of nitrogens with zero attached hydrogens (tertiary/aromatic N) is 9. The topological polar surface area (TPSA) is 139 Å². The monoisotopic (exact) mass is 596 g/mol. The highest BCUT2D eigenvalue weighted by molar-refractivity contribution is 5.70. The Morgan fingerprint density at radius 1 is 1.07 bits per heavy atom. The second kappa shape index (κ2) is 13.7. The summed E-state index contributed by atoms with van der Waals surface area (Å²) in [6.45, 7) is 8.06. The average molecular weight is 597 g/mol. The van der Waals surface area contributed by atoms with Crippen LogP contribution in [-0.2, 0) is 11.3 Å². The van der Waals surface area contributed by atoms with E-state index < -0.39 is 0 Å². The van der Waals surface area contributed by atoms with Crippen LogP contribution in [0.2, 0.25) is 0 Å². The van der Waals surface area contributed by atoms with E-state index in [1.54, 1.807) is 30.3 Å². The maximum absolute atomic E-state index is 9.61. The highest BCUT2D eigenvalue weighted by Crippen LogP contribution is 2.35. The van der Waals surface area contributed by atoms with E-state index >= 15 is 0 Å². The molecular weight excluding hydrogens is 560 g/mol. The van der Waals surface area contributed by atoms with Gasteiger partial charge in [0.1, 0.15) is 30.0 Å². The second-order valence-corrected chi connectivity index (χ2v) is 11.0. The van der Waals surface area contributed by atoms with Gasteiger partial charge >= 0.3 is 0 Å². The lowest BCUT2D eigenvalue weighted by Crippen LogP contribution is -2.45. The van der Waals surface area contributed by atoms with Crippen molar-refractivity contribution in [2.24, 2.45) is 0 Å². The Morgan fingerprint density at radius 3 is 2.66 bits per heavy atom. The summed E-state index contributed by atoms with van der Waals surface area (Å²) in [6.07, 6.45) is 7.12. The van der Waals surface area contributed by atoms with Crippen molar-refractivity contribution in [3.05, 3.63) is 60.7 Å². The van der Waals surface area contributed by atoms with Gasteiger partial charge in [0.25, 0.3) is 0 Å². The molecule has 0 spiro atoms. The zero-order chi connectivity index (χ0) is 30.3. The molecule has 2 unspecified atom stereocenters. The predicted molar refractivity (Wildman–Crippen MR) is 164 cm³/mol. The number of benzene rings is 2. The van der Waals surface area contributed by atoms with Crippen LogP contribution in [0.3, 0.4) is 0 Å². The molecule has 2 fully saturated rings. The normalized spacial score (nSPS) is 17.7. The van der Waals surface area contributed by atoms with Crippen LogP contribution < -0.4 is 19.7 Å². The quantitative estimate of drug-likeness (QED) is 0.271. The lowest BCUT2D eigenvalue weighted by molar-refractivity contribution is 0.0355. The molecule has 0 aliphatic carbocycles. The molecule has 228 valence electrons. The van der Waals surface area contributed by atoms with Crippen LogP contribution in [0.25, 0.3) is 11.1 Å². The van der Waals surface area contributed by atoms with Gasteiger partial charge in [-0.2, -0.15) is 5.26 Å². The Balaban J connectivity index is 1.13. The first kappa shape index (κ1) is 29.3. The molecule has 4 aromatic rings. The van der Waals surface area contributed by atoms with E-state index in [1.807, 2.05) is 25.1 Å². The molecule has 2 aliphatic rings. The number of hydrogen-bond donors (Lipinski definition) is 1. The second-order valence-electron chi connectivity index (χ2n) is 11.0. The van der Waals surface area contributed by atoms with E-state index in [0.29, 0.717) is 29.8 Å². The third-order valence-electron chi connectivity index (χ3n) is 7.96. The van der Waals surface area contributed by atoms with Gasteiger partial charge in [0.2, 0.25) is 5.95 Å². The number of rotatable bonds is 11. The van der Waals surface area contributed by atoms with Crippen LogP contribution in [0, 0.1) is 11.3 Å². The zero-order valence-corrected chi connectivity index (χ0v) is 25.0. The third kappa shape index (κ3) is 6.88. The molecule has 13 nitrogen and oxygen atoms in total. The molecule has 0 amide bonds. The molecule has 0 bridgehead atoms. The minimum atomic E-state index is -0.258. The van der Waals surface area contributed by atoms with Crippen molar-refractivity contribution in [1.82, 2.24) is 35.1 Å². The van der Waals surface area contributed by atoms with Crippen molar-refractivity contribution < 1.29 is 14.2 Å². The maximum atomic E-state index is 9.61. The van der Waals surface area contributed by atoms with Crippen LogP contribution in [0.4, 0.5) is 17.3 Å². The summed E-state index contributed by atoms with van der Waals surface area (Å²) in [5.74, 6) is 1.66. The average Bonchev–Trinajstić information content (AvgIpc) is 3.74. The summed E-state index contributed by atoms with van der Waals surface area (Å²) in [5, 5.41) is 24.1. The van der Waals surface area contributed by atoms with Gasteiger partial charge in [0.05, 0.1) is 38.1 Å². The van der Waals surface area contributed by atoms with Gasteiger partial charge in [-0.15, -0.1) is 5.10 Å². The lowest BCUT2D eigenvalue weighted by Gasteiger charge is -2.34. The first-order valence-electron chi connectivity index (χ1n) is 14.9. The smallest absolute Gasteiger partial charge is 0.227 e. The maximum Gasteiger partial charge on any atom is 0.227 e. The summed E-state index contributed by atoms with van der Waals surface area (Å²) < 4.78 is 19.0. The number of morpholine rings is 1. The van der Waals surface area contributed by atoms with E-state index in [-0.39, 0.29) is 6.10 Å². The lowest BCUT2D eigenvalue weighted by atomic mass is 10.1. The SMILES string of the molecule is COc1cc(N2CCCC2CN2CCOCC2)ccc1Nc1ncc(-c2ccc(C#N)c(OC(C)Cn3cnnn3)c2)cn1. The molecule has 1 N–H and O–H groups in total. The van der Waals surface area contributed by atoms with E-state index in [1.165, 1.54) is 19.2 Å². The number of methoxy groups -OCH3 is 1. The van der Waals surface area contributed by atoms with Gasteiger partial charge in [-0.25, -0.2) is 14.6 Å². The Morgan fingerprint density at radius 2 is 1.91 bits per heavy atom. The van der Waals surface area contributed by atoms with Crippen LogP contribution in [0.1, 0.15) is 25.3 Å². The number of hydrogen-bond acceptors (Lipinski definition) is 12. The van der Waals surface area contributed by atoms with Gasteiger partial charge < -0.3 is 24.4 Å². The summed E-state index contributed by atoms with van der Waals surface area (Å²) in [6, 6.07) is 14.3. The van der Waals surface area contributed by atoms with Crippen LogP contribution >= 0.6 is 0 Å². The highest BCUT2D eigenvalue weighted by atomic mass is 16.5. The van der Waals surface area contributed by atoms with Crippen molar-refractivity contribution in [3.63, 3.8) is 0 Å². The van der Waals surface area contributed by atoms with Crippen molar-refractivity contribution in [2.45, 2.75) is 38.5 Å². The molecule has 44 heavy (non-hydrogen) atoms.